The molecule has 0 aliphatic carbocycles. The number of para-hydroxylation sites is 1. The molecule has 1 fully saturated rings. The van der Waals surface area contributed by atoms with Gasteiger partial charge in [-0.2, -0.15) is 10.00 Å². The molecule has 0 radical (unpaired) electrons. The summed E-state index contributed by atoms with van der Waals surface area (Å²) in [4.78, 5) is 4.11. The number of fused-ring (bicyclic) bond motifs is 3. The van der Waals surface area contributed by atoms with Crippen molar-refractivity contribution in [3.63, 3.8) is 0 Å². The number of aromatic nitrogens is 2. The van der Waals surface area contributed by atoms with E-state index in [-0.39, 0.29) is 16.3 Å². The third kappa shape index (κ3) is 4.33. The van der Waals surface area contributed by atoms with E-state index in [1.165, 1.54) is 18.2 Å². The van der Waals surface area contributed by atoms with Crippen molar-refractivity contribution in [3.8, 4) is 11.3 Å². The zero-order valence-electron chi connectivity index (χ0n) is 19.6. The van der Waals surface area contributed by atoms with Crippen LogP contribution in [-0.2, 0) is 4.74 Å². The van der Waals surface area contributed by atoms with E-state index in [0.29, 0.717) is 24.1 Å². The zero-order valence-corrected chi connectivity index (χ0v) is 19.6. The molecule has 3 aromatic rings. The number of nitrogens with one attached hydrogen (secondary N) is 2. The minimum Gasteiger partial charge on any atom is -0.347 e. The summed E-state index contributed by atoms with van der Waals surface area (Å²) in [6, 6.07) is 11.2. The van der Waals surface area contributed by atoms with Gasteiger partial charge in [-0.05, 0) is 32.2 Å². The lowest BCUT2D eigenvalue weighted by molar-refractivity contribution is -0.655. The Hall–Kier alpha value is -3.42. The van der Waals surface area contributed by atoms with Crippen LogP contribution in [0.25, 0.3) is 11.3 Å². The number of nitrogens with zero attached hydrogens (tertiary/aromatic N) is 3. The van der Waals surface area contributed by atoms with Crippen LogP contribution >= 0.6 is 0 Å². The van der Waals surface area contributed by atoms with Gasteiger partial charge in [0, 0.05) is 11.3 Å². The fourth-order valence-corrected chi connectivity index (χ4v) is 3.65. The summed E-state index contributed by atoms with van der Waals surface area (Å²) in [5.41, 5.74) is 3.28. The Morgan fingerprint density at radius 3 is 1.97 bits per heavy atom. The van der Waals surface area contributed by atoms with Gasteiger partial charge in [0.25, 0.3) is 0 Å². The molecule has 3 heterocycles. The van der Waals surface area contributed by atoms with Gasteiger partial charge in [0.2, 0.25) is 0 Å². The highest BCUT2D eigenvalue weighted by atomic mass is 19.1. The topological polar surface area (TPSA) is 227 Å². The molecule has 0 bridgehead atoms. The lowest BCUT2D eigenvalue weighted by Crippen LogP contribution is -2.83. The summed E-state index contributed by atoms with van der Waals surface area (Å²) in [7, 11) is 0.560. The van der Waals surface area contributed by atoms with Gasteiger partial charge in [-0.15, -0.1) is 0 Å². The molecule has 204 valence electrons. The van der Waals surface area contributed by atoms with Crippen molar-refractivity contribution in [2.24, 2.45) is 4.99 Å². The summed E-state index contributed by atoms with van der Waals surface area (Å²) in [5, 5.41) is 82.0. The number of amidine groups is 1. The number of aliphatic imine (C=N–C) groups is 1. The van der Waals surface area contributed by atoms with Crippen molar-refractivity contribution in [1.29, 1.82) is 0 Å². The Balaban J connectivity index is 0.000000196. The van der Waals surface area contributed by atoms with Gasteiger partial charge in [-0.3, -0.25) is 9.84 Å². The summed E-state index contributed by atoms with van der Waals surface area (Å²) >= 11 is 0. The van der Waals surface area contributed by atoms with Crippen LogP contribution in [-0.4, -0.2) is 92.6 Å². The largest absolute Gasteiger partial charge is 0.356 e. The molecule has 1 saturated heterocycles. The lowest BCUT2D eigenvalue weighted by atomic mass is 10.1. The summed E-state index contributed by atoms with van der Waals surface area (Å²) in [6.07, 6.45) is 0. The van der Waals surface area contributed by atoms with Crippen LogP contribution in [0.5, 0.6) is 0 Å². The fourth-order valence-electron chi connectivity index (χ4n) is 3.65. The number of hydrogen-bond acceptors (Lipinski definition) is 13. The molecule has 14 nitrogen and oxygen atoms in total. The predicted molar refractivity (Wildman–Crippen MR) is 122 cm³/mol. The Morgan fingerprint density at radius 1 is 0.842 bits per heavy atom. The average Bonchev–Trinajstić information content (AvgIpc) is 3.08. The van der Waals surface area contributed by atoms with Crippen LogP contribution in [0.4, 0.5) is 20.2 Å². The van der Waals surface area contributed by atoms with Crippen molar-refractivity contribution in [2.75, 3.05) is 12.4 Å². The van der Waals surface area contributed by atoms with Crippen LogP contribution in [0.1, 0.15) is 11.3 Å². The lowest BCUT2D eigenvalue weighted by Gasteiger charge is -2.53. The number of H-pyrrole nitrogens is 1. The third-order valence-corrected chi connectivity index (χ3v) is 5.87. The number of hydrogen-bond donors (Lipinski definition) is 10. The minimum absolute atomic E-state index is 0.122. The van der Waals surface area contributed by atoms with Gasteiger partial charge in [0.1, 0.15) is 28.9 Å². The van der Waals surface area contributed by atoms with Crippen LogP contribution in [0.2, 0.25) is 0 Å². The number of benzene rings is 2. The highest BCUT2D eigenvalue weighted by Gasteiger charge is 2.73. The van der Waals surface area contributed by atoms with Crippen LogP contribution < -0.4 is 5.32 Å². The van der Waals surface area contributed by atoms with E-state index in [9.17, 15) is 8.78 Å². The maximum absolute atomic E-state index is 14.2. The molecular weight excluding hydrogens is 516 g/mol. The monoisotopic (exact) mass is 539 g/mol. The molecular formula is C22H23F2N5O9. The molecule has 1 aromatic heterocycles. The maximum Gasteiger partial charge on any atom is 0.356 e. The number of aromatic amines is 1. The van der Waals surface area contributed by atoms with E-state index in [1.54, 1.807) is 0 Å². The summed E-state index contributed by atoms with van der Waals surface area (Å²) in [6.45, 7) is 1.82. The van der Waals surface area contributed by atoms with Crippen molar-refractivity contribution >= 4 is 17.2 Å². The van der Waals surface area contributed by atoms with Gasteiger partial charge in [0.05, 0.1) is 11.3 Å². The minimum atomic E-state index is -3.85. The Morgan fingerprint density at radius 2 is 1.39 bits per heavy atom. The van der Waals surface area contributed by atoms with Crippen molar-refractivity contribution < 1.29 is 54.4 Å². The number of aryl methyl sites for hydroxylation is 1. The maximum atomic E-state index is 14.2. The van der Waals surface area contributed by atoms with Gasteiger partial charge >= 0.3 is 23.8 Å². The van der Waals surface area contributed by atoms with E-state index < -0.39 is 35.4 Å². The first-order valence-electron chi connectivity index (χ1n) is 10.7. The molecule has 0 amide bonds. The molecule has 0 unspecified atom stereocenters. The molecule has 2 aromatic carbocycles. The van der Waals surface area contributed by atoms with E-state index in [0.717, 1.165) is 11.3 Å². The zero-order chi connectivity index (χ0) is 28.3. The molecule has 0 spiro atoms. The molecule has 38 heavy (non-hydrogen) atoms. The van der Waals surface area contributed by atoms with Crippen molar-refractivity contribution in [1.82, 2.24) is 15.1 Å². The SMILES string of the molecule is CN1C(O)(O)C(O)(O)OC(O)(O)C1(O)O.Cc1[nH]nc2c1N=C(c1c(F)cccc1F)Nc1ccccc1-2. The number of rotatable bonds is 1. The quantitative estimate of drug-likeness (QED) is 0.162. The van der Waals surface area contributed by atoms with Gasteiger partial charge in [-0.1, -0.05) is 24.3 Å². The first-order chi connectivity index (χ1) is 17.5. The normalized spacial score (nSPS) is 20.6. The number of aliphatic hydroxyl groups is 8. The molecule has 16 heteroatoms. The third-order valence-electron chi connectivity index (χ3n) is 5.87. The average molecular weight is 539 g/mol. The molecule has 5 rings (SSSR count). The smallest absolute Gasteiger partial charge is 0.347 e. The van der Waals surface area contributed by atoms with Gasteiger partial charge in [-0.25, -0.2) is 13.8 Å². The predicted octanol–water partition coefficient (Wildman–Crippen LogP) is -1.33. The Kier molecular flexibility index (Phi) is 6.61. The van der Waals surface area contributed by atoms with Crippen molar-refractivity contribution in [3.05, 3.63) is 65.4 Å². The highest BCUT2D eigenvalue weighted by molar-refractivity contribution is 6.13. The molecule has 0 saturated carbocycles. The van der Waals surface area contributed by atoms with E-state index in [4.69, 9.17) is 40.9 Å². The summed E-state index contributed by atoms with van der Waals surface area (Å²) in [5.74, 6) is -16.3. The summed E-state index contributed by atoms with van der Waals surface area (Å²) < 4.78 is 31.9. The fraction of sp³-hybridized carbons (Fsp3) is 0.273. The van der Waals surface area contributed by atoms with Crippen LogP contribution in [0.15, 0.2) is 47.5 Å². The van der Waals surface area contributed by atoms with Gasteiger partial charge < -0.3 is 46.2 Å². The number of anilines is 1. The number of ether oxygens (including phenoxy) is 1. The second kappa shape index (κ2) is 9.10. The first-order valence-corrected chi connectivity index (χ1v) is 10.7. The van der Waals surface area contributed by atoms with Crippen LogP contribution in [0, 0.1) is 18.6 Å². The standard InChI is InChI=1S/C17H12F2N4.C5H11NO9/c1-9-15-16(23-22-9)10-5-2-3-8-13(10)20-17(21-15)14-11(18)6-4-7-12(14)19;1-6-2(7,8)4(11,12)15-5(13,14)3(6,9)10/h2-8H,1H3,(H,20,21)(H,22,23);7-14H,1H3. The highest BCUT2D eigenvalue weighted by Crippen LogP contribution is 2.40. The van der Waals surface area contributed by atoms with E-state index in [2.05, 4.69) is 25.2 Å². The molecule has 10 N–H and O–H groups in total. The second-order valence-corrected chi connectivity index (χ2v) is 8.42. The number of morpholine rings is 1. The first kappa shape index (κ1) is 27.6. The number of halogens is 2. The van der Waals surface area contributed by atoms with E-state index >= 15 is 0 Å². The van der Waals surface area contributed by atoms with Crippen LogP contribution in [0.3, 0.4) is 0 Å². The Bertz CT molecular complexity index is 1360. The van der Waals surface area contributed by atoms with Gasteiger partial charge in [0.15, 0.2) is 0 Å². The van der Waals surface area contributed by atoms with Crippen molar-refractivity contribution in [2.45, 2.75) is 30.7 Å². The molecule has 2 aliphatic rings. The molecule has 0 atom stereocenters. The Labute approximate surface area is 211 Å². The van der Waals surface area contributed by atoms with E-state index in [1.807, 2.05) is 31.2 Å². The number of likely N-dealkylation sites (N-methyl/N-ethyl adjacent to an activating group) is 1. The molecule has 2 aliphatic heterocycles. The second-order valence-electron chi connectivity index (χ2n) is 8.42.